The monoisotopic (exact) mass is 548 g/mol. The Hall–Kier alpha value is -3.67. The van der Waals surface area contributed by atoms with Gasteiger partial charge in [-0.05, 0) is 37.0 Å². The number of non-ortho nitro benzene ring substituents is 1. The lowest BCUT2D eigenvalue weighted by Gasteiger charge is -2.33. The van der Waals surface area contributed by atoms with E-state index >= 15 is 0 Å². The highest BCUT2D eigenvalue weighted by Gasteiger charge is 2.33. The molecule has 0 radical (unpaired) electrons. The molecule has 11 nitrogen and oxygen atoms in total. The number of ether oxygens (including phenoxy) is 1. The number of anilines is 1. The van der Waals surface area contributed by atoms with Crippen molar-refractivity contribution in [1.29, 1.82) is 0 Å². The van der Waals surface area contributed by atoms with Gasteiger partial charge in [-0.1, -0.05) is 44.5 Å². The molecule has 12 heteroatoms. The number of hydrogen-bond donors (Lipinski definition) is 1. The first-order valence-corrected chi connectivity index (χ1v) is 14.2. The summed E-state index contributed by atoms with van der Waals surface area (Å²) in [5, 5.41) is 14.2. The Morgan fingerprint density at radius 2 is 1.84 bits per heavy atom. The molecule has 208 valence electrons. The first-order valence-electron chi connectivity index (χ1n) is 12.4. The van der Waals surface area contributed by atoms with E-state index in [0.29, 0.717) is 13.0 Å². The summed E-state index contributed by atoms with van der Waals surface area (Å²) in [6, 6.07) is 10.1. The Morgan fingerprint density at radius 3 is 2.39 bits per heavy atom. The first-order chi connectivity index (χ1) is 17.9. The zero-order valence-electron chi connectivity index (χ0n) is 22.5. The second-order valence-corrected chi connectivity index (χ2v) is 10.8. The van der Waals surface area contributed by atoms with Gasteiger partial charge in [-0.15, -0.1) is 0 Å². The molecular formula is C26H36N4O7S. The molecule has 1 N–H and O–H groups in total. The fraction of sp³-hybridized carbons (Fsp3) is 0.462. The van der Waals surface area contributed by atoms with Crippen LogP contribution in [0, 0.1) is 17.0 Å². The van der Waals surface area contributed by atoms with Crippen molar-refractivity contribution < 1.29 is 27.7 Å². The van der Waals surface area contributed by atoms with E-state index in [9.17, 15) is 28.1 Å². The van der Waals surface area contributed by atoms with Crippen LogP contribution in [-0.2, 0) is 26.2 Å². The molecule has 2 amide bonds. The predicted molar refractivity (Wildman–Crippen MR) is 146 cm³/mol. The molecule has 0 aliphatic rings. The van der Waals surface area contributed by atoms with Crippen molar-refractivity contribution in [2.75, 3.05) is 30.8 Å². The van der Waals surface area contributed by atoms with Gasteiger partial charge in [0.1, 0.15) is 24.0 Å². The van der Waals surface area contributed by atoms with Crippen LogP contribution in [0.5, 0.6) is 5.75 Å². The fourth-order valence-corrected chi connectivity index (χ4v) is 4.82. The minimum Gasteiger partial charge on any atom is -0.495 e. The van der Waals surface area contributed by atoms with Gasteiger partial charge in [-0.3, -0.25) is 24.0 Å². The van der Waals surface area contributed by atoms with Gasteiger partial charge in [-0.25, -0.2) is 8.42 Å². The maximum atomic E-state index is 13.8. The van der Waals surface area contributed by atoms with E-state index in [1.165, 1.54) is 24.1 Å². The Labute approximate surface area is 224 Å². The lowest BCUT2D eigenvalue weighted by Crippen LogP contribution is -2.52. The minimum atomic E-state index is -4.09. The largest absolute Gasteiger partial charge is 0.495 e. The molecule has 0 heterocycles. The molecule has 0 bridgehead atoms. The van der Waals surface area contributed by atoms with Crippen molar-refractivity contribution in [3.63, 3.8) is 0 Å². The quantitative estimate of drug-likeness (QED) is 0.217. The van der Waals surface area contributed by atoms with Crippen LogP contribution in [0.4, 0.5) is 11.4 Å². The Kier molecular flexibility index (Phi) is 11.1. The maximum absolute atomic E-state index is 13.8. The number of nitro groups is 1. The van der Waals surface area contributed by atoms with E-state index in [1.54, 1.807) is 6.92 Å². The number of unbranched alkanes of at least 4 members (excludes halogenated alkanes) is 1. The van der Waals surface area contributed by atoms with Gasteiger partial charge in [0.25, 0.3) is 5.69 Å². The number of benzene rings is 2. The number of nitrogens with one attached hydrogen (secondary N) is 1. The fourth-order valence-electron chi connectivity index (χ4n) is 3.98. The Balaban J connectivity index is 2.54. The van der Waals surface area contributed by atoms with Crippen molar-refractivity contribution in [2.45, 2.75) is 52.6 Å². The minimum absolute atomic E-state index is 0.0450. The summed E-state index contributed by atoms with van der Waals surface area (Å²) >= 11 is 0. The summed E-state index contributed by atoms with van der Waals surface area (Å²) in [6.45, 7) is 5.52. The van der Waals surface area contributed by atoms with E-state index in [4.69, 9.17) is 4.74 Å². The van der Waals surface area contributed by atoms with Crippen LogP contribution in [-0.4, -0.2) is 62.6 Å². The molecule has 2 aromatic rings. The van der Waals surface area contributed by atoms with E-state index in [1.807, 2.05) is 38.1 Å². The Morgan fingerprint density at radius 1 is 1.16 bits per heavy atom. The summed E-state index contributed by atoms with van der Waals surface area (Å²) in [5.41, 5.74) is 1.21. The van der Waals surface area contributed by atoms with Crippen LogP contribution >= 0.6 is 0 Å². The van der Waals surface area contributed by atoms with Crippen molar-refractivity contribution in [1.82, 2.24) is 10.2 Å². The zero-order chi connectivity index (χ0) is 28.5. The lowest BCUT2D eigenvalue weighted by atomic mass is 10.1. The van der Waals surface area contributed by atoms with Crippen LogP contribution in [0.15, 0.2) is 42.5 Å². The number of sulfonamides is 1. The normalized spacial score (nSPS) is 11.9. The second-order valence-electron chi connectivity index (χ2n) is 8.90. The molecule has 0 unspecified atom stereocenters. The molecule has 38 heavy (non-hydrogen) atoms. The number of methoxy groups -OCH3 is 1. The first kappa shape index (κ1) is 30.6. The van der Waals surface area contributed by atoms with Gasteiger partial charge in [0, 0.05) is 25.2 Å². The van der Waals surface area contributed by atoms with Gasteiger partial charge in [0.05, 0.1) is 18.3 Å². The summed E-state index contributed by atoms with van der Waals surface area (Å²) < 4.78 is 31.7. The SMILES string of the molecule is CCCCNC(=O)[C@H](CC)N(Cc1ccccc1C)C(=O)CN(c1cc([N+](=O)[O-])ccc1OC)S(C)(=O)=O. The van der Waals surface area contributed by atoms with Crippen molar-refractivity contribution in [3.05, 3.63) is 63.7 Å². The van der Waals surface area contributed by atoms with E-state index in [-0.39, 0.29) is 29.6 Å². The number of aryl methyl sites for hydroxylation is 1. The second kappa shape index (κ2) is 13.8. The van der Waals surface area contributed by atoms with Gasteiger partial charge in [0.2, 0.25) is 21.8 Å². The highest BCUT2D eigenvalue weighted by Crippen LogP contribution is 2.34. The number of rotatable bonds is 14. The summed E-state index contributed by atoms with van der Waals surface area (Å²) in [7, 11) is -2.79. The smallest absolute Gasteiger partial charge is 0.271 e. The molecule has 0 fully saturated rings. The molecule has 0 spiro atoms. The van der Waals surface area contributed by atoms with Crippen LogP contribution in [0.1, 0.15) is 44.2 Å². The molecular weight excluding hydrogens is 512 g/mol. The predicted octanol–water partition coefficient (Wildman–Crippen LogP) is 3.40. The van der Waals surface area contributed by atoms with E-state index < -0.39 is 33.4 Å². The third kappa shape index (κ3) is 7.91. The van der Waals surface area contributed by atoms with Gasteiger partial charge >= 0.3 is 0 Å². The lowest BCUT2D eigenvalue weighted by molar-refractivity contribution is -0.384. The van der Waals surface area contributed by atoms with Crippen LogP contribution in [0.25, 0.3) is 0 Å². The summed E-state index contributed by atoms with van der Waals surface area (Å²) in [4.78, 5) is 39.0. The van der Waals surface area contributed by atoms with Crippen LogP contribution in [0.3, 0.4) is 0 Å². The van der Waals surface area contributed by atoms with E-state index in [2.05, 4.69) is 5.32 Å². The Bertz CT molecular complexity index is 1250. The third-order valence-corrected chi connectivity index (χ3v) is 7.27. The number of hydrogen-bond acceptors (Lipinski definition) is 7. The average molecular weight is 549 g/mol. The molecule has 2 aromatic carbocycles. The standard InChI is InChI=1S/C26H36N4O7S/c1-6-8-15-27-26(32)22(7-2)28(17-20-12-10-9-11-19(20)3)25(31)18-29(38(5,35)36)23-16-21(30(33)34)13-14-24(23)37-4/h9-14,16,22H,6-8,15,17-18H2,1-5H3,(H,27,32)/t22-/m0/s1. The average Bonchev–Trinajstić information content (AvgIpc) is 2.87. The molecule has 0 aliphatic carbocycles. The van der Waals surface area contributed by atoms with Gasteiger partial charge in [0.15, 0.2) is 0 Å². The highest BCUT2D eigenvalue weighted by molar-refractivity contribution is 7.92. The molecule has 0 aromatic heterocycles. The number of carbonyl (C=O) groups excluding carboxylic acids is 2. The van der Waals surface area contributed by atoms with E-state index in [0.717, 1.165) is 40.6 Å². The third-order valence-electron chi connectivity index (χ3n) is 6.14. The topological polar surface area (TPSA) is 139 Å². The van der Waals surface area contributed by atoms with Crippen LogP contribution in [0.2, 0.25) is 0 Å². The molecule has 1 atom stereocenters. The number of carbonyl (C=O) groups is 2. The molecule has 0 aliphatic heterocycles. The maximum Gasteiger partial charge on any atom is 0.271 e. The number of amides is 2. The summed E-state index contributed by atoms with van der Waals surface area (Å²) in [6.07, 6.45) is 2.87. The molecule has 0 saturated carbocycles. The van der Waals surface area contributed by atoms with Crippen molar-refractivity contribution in [3.8, 4) is 5.75 Å². The zero-order valence-corrected chi connectivity index (χ0v) is 23.3. The van der Waals surface area contributed by atoms with Crippen molar-refractivity contribution >= 4 is 33.2 Å². The number of nitrogens with zero attached hydrogens (tertiary/aromatic N) is 3. The van der Waals surface area contributed by atoms with Crippen LogP contribution < -0.4 is 14.4 Å². The van der Waals surface area contributed by atoms with Crippen molar-refractivity contribution in [2.24, 2.45) is 0 Å². The van der Waals surface area contributed by atoms with Gasteiger partial charge < -0.3 is 15.0 Å². The number of nitro benzene ring substituents is 1. The summed E-state index contributed by atoms with van der Waals surface area (Å²) in [5.74, 6) is -0.921. The molecule has 2 rings (SSSR count). The van der Waals surface area contributed by atoms with Gasteiger partial charge in [-0.2, -0.15) is 0 Å². The molecule has 0 saturated heterocycles. The highest BCUT2D eigenvalue weighted by atomic mass is 32.2.